The Kier molecular flexibility index (Phi) is 5.38. The molecule has 0 bridgehead atoms. The summed E-state index contributed by atoms with van der Waals surface area (Å²) in [5.41, 5.74) is 0.891. The predicted molar refractivity (Wildman–Crippen MR) is 82.9 cm³/mol. The quantitative estimate of drug-likeness (QED) is 0.889. The molecule has 1 amide bonds. The van der Waals surface area contributed by atoms with Crippen LogP contribution >= 0.6 is 0 Å². The number of hydrogen-bond acceptors (Lipinski definition) is 4. The summed E-state index contributed by atoms with van der Waals surface area (Å²) in [6, 6.07) is 15.9. The Hall–Kier alpha value is -3.00. The summed E-state index contributed by atoms with van der Waals surface area (Å²) in [7, 11) is 0. The molecule has 2 rings (SSSR count). The summed E-state index contributed by atoms with van der Waals surface area (Å²) >= 11 is 0. The molecule has 22 heavy (non-hydrogen) atoms. The minimum Gasteiger partial charge on any atom is -0.494 e. The summed E-state index contributed by atoms with van der Waals surface area (Å²) < 4.78 is 10.7. The van der Waals surface area contributed by atoms with Crippen molar-refractivity contribution in [3.8, 4) is 17.6 Å². The van der Waals surface area contributed by atoms with Crippen molar-refractivity contribution in [2.45, 2.75) is 6.92 Å². The van der Waals surface area contributed by atoms with Crippen LogP contribution in [0.5, 0.6) is 11.5 Å². The van der Waals surface area contributed by atoms with Gasteiger partial charge in [-0.3, -0.25) is 4.79 Å². The van der Waals surface area contributed by atoms with Gasteiger partial charge in [0.2, 0.25) is 0 Å². The molecule has 112 valence electrons. The second kappa shape index (κ2) is 7.70. The van der Waals surface area contributed by atoms with Gasteiger partial charge < -0.3 is 14.8 Å². The Labute approximate surface area is 129 Å². The van der Waals surface area contributed by atoms with Gasteiger partial charge in [0.15, 0.2) is 6.61 Å². The van der Waals surface area contributed by atoms with Gasteiger partial charge in [0.05, 0.1) is 17.9 Å². The van der Waals surface area contributed by atoms with Gasteiger partial charge in [-0.15, -0.1) is 0 Å². The zero-order chi connectivity index (χ0) is 15.8. The molecule has 0 saturated carbocycles. The number of anilines is 1. The van der Waals surface area contributed by atoms with Crippen LogP contribution in [0.3, 0.4) is 0 Å². The largest absolute Gasteiger partial charge is 0.494 e. The van der Waals surface area contributed by atoms with Gasteiger partial charge in [0.25, 0.3) is 5.91 Å². The summed E-state index contributed by atoms with van der Waals surface area (Å²) in [5.74, 6) is 1.01. The molecule has 0 atom stereocenters. The summed E-state index contributed by atoms with van der Waals surface area (Å²) in [4.78, 5) is 11.9. The molecule has 0 spiro atoms. The second-order valence-corrected chi connectivity index (χ2v) is 4.40. The second-order valence-electron chi connectivity index (χ2n) is 4.40. The number of para-hydroxylation sites is 1. The molecule has 5 nitrogen and oxygen atoms in total. The van der Waals surface area contributed by atoms with E-state index in [2.05, 4.69) is 5.32 Å². The number of carbonyl (C=O) groups is 1. The molecule has 0 aromatic heterocycles. The van der Waals surface area contributed by atoms with Gasteiger partial charge in [-0.1, -0.05) is 12.1 Å². The number of rotatable bonds is 6. The predicted octanol–water partition coefficient (Wildman–Crippen LogP) is 2.97. The highest BCUT2D eigenvalue weighted by Crippen LogP contribution is 2.18. The first-order valence-corrected chi connectivity index (χ1v) is 6.87. The fourth-order valence-corrected chi connectivity index (χ4v) is 1.82. The highest BCUT2D eigenvalue weighted by Gasteiger charge is 2.07. The molecule has 0 unspecified atom stereocenters. The van der Waals surface area contributed by atoms with Crippen molar-refractivity contribution >= 4 is 11.6 Å². The first-order valence-electron chi connectivity index (χ1n) is 6.87. The van der Waals surface area contributed by atoms with Crippen molar-refractivity contribution < 1.29 is 14.3 Å². The highest BCUT2D eigenvalue weighted by molar-refractivity contribution is 5.93. The van der Waals surface area contributed by atoms with Gasteiger partial charge in [-0.2, -0.15) is 5.26 Å². The van der Waals surface area contributed by atoms with Crippen LogP contribution in [-0.4, -0.2) is 19.1 Å². The average molecular weight is 296 g/mol. The number of amides is 1. The average Bonchev–Trinajstić information content (AvgIpc) is 2.55. The summed E-state index contributed by atoms with van der Waals surface area (Å²) in [6.45, 7) is 2.38. The van der Waals surface area contributed by atoms with E-state index in [-0.39, 0.29) is 12.5 Å². The minimum atomic E-state index is -0.323. The van der Waals surface area contributed by atoms with Crippen molar-refractivity contribution in [3.05, 3.63) is 54.1 Å². The summed E-state index contributed by atoms with van der Waals surface area (Å²) in [5, 5.41) is 11.6. The number of benzene rings is 2. The molecule has 0 radical (unpaired) electrons. The SMILES string of the molecule is CCOc1ccc(OCC(=O)Nc2ccccc2C#N)cc1. The molecule has 0 fully saturated rings. The van der Waals surface area contributed by atoms with E-state index in [0.717, 1.165) is 5.75 Å². The molecule has 0 saturated heterocycles. The Bertz CT molecular complexity index is 675. The molecule has 2 aromatic carbocycles. The third kappa shape index (κ3) is 4.25. The van der Waals surface area contributed by atoms with E-state index in [1.165, 1.54) is 0 Å². The number of carbonyl (C=O) groups excluding carboxylic acids is 1. The van der Waals surface area contributed by atoms with Crippen LogP contribution in [0.4, 0.5) is 5.69 Å². The number of nitriles is 1. The van der Waals surface area contributed by atoms with E-state index in [1.54, 1.807) is 48.5 Å². The summed E-state index contributed by atoms with van der Waals surface area (Å²) in [6.07, 6.45) is 0. The lowest BCUT2D eigenvalue weighted by Crippen LogP contribution is -2.20. The fourth-order valence-electron chi connectivity index (χ4n) is 1.82. The van der Waals surface area contributed by atoms with E-state index < -0.39 is 0 Å². The molecule has 5 heteroatoms. The Balaban J connectivity index is 1.89. The van der Waals surface area contributed by atoms with Gasteiger partial charge in [-0.05, 0) is 43.3 Å². The lowest BCUT2D eigenvalue weighted by Gasteiger charge is -2.09. The molecule has 2 aromatic rings. The maximum atomic E-state index is 11.9. The normalized spacial score (nSPS) is 9.64. The van der Waals surface area contributed by atoms with Crippen molar-refractivity contribution in [2.24, 2.45) is 0 Å². The third-order valence-corrected chi connectivity index (χ3v) is 2.83. The molecule has 0 aliphatic carbocycles. The van der Waals surface area contributed by atoms with E-state index >= 15 is 0 Å². The molecule has 0 aliphatic heterocycles. The first kappa shape index (κ1) is 15.4. The van der Waals surface area contributed by atoms with Gasteiger partial charge in [0, 0.05) is 0 Å². The van der Waals surface area contributed by atoms with Crippen molar-refractivity contribution in [3.63, 3.8) is 0 Å². The first-order chi connectivity index (χ1) is 10.7. The lowest BCUT2D eigenvalue weighted by molar-refractivity contribution is -0.118. The van der Waals surface area contributed by atoms with Gasteiger partial charge in [0.1, 0.15) is 17.6 Å². The van der Waals surface area contributed by atoms with Gasteiger partial charge >= 0.3 is 0 Å². The zero-order valence-corrected chi connectivity index (χ0v) is 12.2. The van der Waals surface area contributed by atoms with Crippen LogP contribution in [0, 0.1) is 11.3 Å². The standard InChI is InChI=1S/C17H16N2O3/c1-2-21-14-7-9-15(10-8-14)22-12-17(20)19-16-6-4-3-5-13(16)11-18/h3-10H,2,12H2,1H3,(H,19,20). The Morgan fingerprint density at radius 1 is 1.09 bits per heavy atom. The van der Waals surface area contributed by atoms with Crippen LogP contribution < -0.4 is 14.8 Å². The Morgan fingerprint density at radius 3 is 2.36 bits per heavy atom. The van der Waals surface area contributed by atoms with Crippen LogP contribution in [0.25, 0.3) is 0 Å². The molecule has 0 heterocycles. The monoisotopic (exact) mass is 296 g/mol. The van der Waals surface area contributed by atoms with Gasteiger partial charge in [-0.25, -0.2) is 0 Å². The van der Waals surface area contributed by atoms with Crippen molar-refractivity contribution in [2.75, 3.05) is 18.5 Å². The lowest BCUT2D eigenvalue weighted by atomic mass is 10.2. The van der Waals surface area contributed by atoms with E-state index in [4.69, 9.17) is 14.7 Å². The van der Waals surface area contributed by atoms with Crippen LogP contribution in [0.15, 0.2) is 48.5 Å². The number of nitrogens with one attached hydrogen (secondary N) is 1. The molecule has 1 N–H and O–H groups in total. The van der Waals surface area contributed by atoms with Crippen LogP contribution in [-0.2, 0) is 4.79 Å². The van der Waals surface area contributed by atoms with Crippen molar-refractivity contribution in [1.29, 1.82) is 5.26 Å². The zero-order valence-electron chi connectivity index (χ0n) is 12.2. The fraction of sp³-hybridized carbons (Fsp3) is 0.176. The molecular formula is C17H16N2O3. The number of nitrogens with zero attached hydrogens (tertiary/aromatic N) is 1. The van der Waals surface area contributed by atoms with E-state index in [1.807, 2.05) is 13.0 Å². The van der Waals surface area contributed by atoms with Crippen LogP contribution in [0.2, 0.25) is 0 Å². The highest BCUT2D eigenvalue weighted by atomic mass is 16.5. The smallest absolute Gasteiger partial charge is 0.262 e. The minimum absolute atomic E-state index is 0.131. The molecule has 0 aliphatic rings. The van der Waals surface area contributed by atoms with E-state index in [9.17, 15) is 4.79 Å². The van der Waals surface area contributed by atoms with Crippen molar-refractivity contribution in [1.82, 2.24) is 0 Å². The number of ether oxygens (including phenoxy) is 2. The topological polar surface area (TPSA) is 71.3 Å². The van der Waals surface area contributed by atoms with Crippen LogP contribution in [0.1, 0.15) is 12.5 Å². The Morgan fingerprint density at radius 2 is 1.73 bits per heavy atom. The number of hydrogen-bond donors (Lipinski definition) is 1. The molecular weight excluding hydrogens is 280 g/mol. The maximum absolute atomic E-state index is 11.9. The third-order valence-electron chi connectivity index (χ3n) is 2.83. The van der Waals surface area contributed by atoms with E-state index in [0.29, 0.717) is 23.6 Å². The maximum Gasteiger partial charge on any atom is 0.262 e.